The molecule has 0 bridgehead atoms. The van der Waals surface area contributed by atoms with Gasteiger partial charge >= 0.3 is 0 Å². The molecule has 1 N–H and O–H groups in total. The van der Waals surface area contributed by atoms with Crippen molar-refractivity contribution in [2.75, 3.05) is 5.32 Å². The molecule has 0 aliphatic rings. The molecule has 0 atom stereocenters. The number of carbonyl (C=O) groups excluding carboxylic acids is 1. The summed E-state index contributed by atoms with van der Waals surface area (Å²) in [5, 5.41) is 13.7. The van der Waals surface area contributed by atoms with Crippen LogP contribution in [0.2, 0.25) is 0 Å². The van der Waals surface area contributed by atoms with Crippen molar-refractivity contribution in [1.82, 2.24) is 0 Å². The molecule has 0 radical (unpaired) electrons. The van der Waals surface area contributed by atoms with Crippen molar-refractivity contribution in [1.29, 1.82) is 5.26 Å². The molecule has 0 spiro atoms. The van der Waals surface area contributed by atoms with Crippen LogP contribution in [-0.2, 0) is 11.2 Å². The van der Waals surface area contributed by atoms with Gasteiger partial charge in [0, 0.05) is 9.35 Å². The standard InChI is InChI=1S/C13H9BrN2OS/c14-10-4-3-9(8-15)12(6-10)16-13(17)7-11-2-1-5-18-11/h1-6H,7H2,(H,16,17). The van der Waals surface area contributed by atoms with Gasteiger partial charge in [-0.1, -0.05) is 22.0 Å². The molecule has 0 aliphatic heterocycles. The largest absolute Gasteiger partial charge is 0.325 e. The lowest BCUT2D eigenvalue weighted by Crippen LogP contribution is -2.14. The molecule has 5 heteroatoms. The number of amides is 1. The van der Waals surface area contributed by atoms with Gasteiger partial charge in [-0.25, -0.2) is 0 Å². The first-order valence-corrected chi connectivity index (χ1v) is 6.88. The van der Waals surface area contributed by atoms with Crippen LogP contribution in [0.1, 0.15) is 10.4 Å². The number of halogens is 1. The number of nitrogens with one attached hydrogen (secondary N) is 1. The molecule has 0 saturated carbocycles. The summed E-state index contributed by atoms with van der Waals surface area (Å²) in [5.41, 5.74) is 0.992. The Labute approximate surface area is 117 Å². The smallest absolute Gasteiger partial charge is 0.229 e. The average Bonchev–Trinajstić information content (AvgIpc) is 2.82. The number of benzene rings is 1. The van der Waals surface area contributed by atoms with Crippen molar-refractivity contribution in [3.8, 4) is 6.07 Å². The first-order chi connectivity index (χ1) is 8.69. The van der Waals surface area contributed by atoms with Gasteiger partial charge in [0.05, 0.1) is 17.7 Å². The van der Waals surface area contributed by atoms with Crippen molar-refractivity contribution in [3.05, 3.63) is 50.6 Å². The Balaban J connectivity index is 2.12. The van der Waals surface area contributed by atoms with Gasteiger partial charge < -0.3 is 5.32 Å². The fourth-order valence-corrected chi connectivity index (χ4v) is 2.55. The Kier molecular flexibility index (Phi) is 4.13. The fraction of sp³-hybridized carbons (Fsp3) is 0.0769. The highest BCUT2D eigenvalue weighted by Crippen LogP contribution is 2.21. The Bertz CT molecular complexity index is 602. The molecule has 90 valence electrons. The van der Waals surface area contributed by atoms with Crippen LogP contribution in [0.15, 0.2) is 40.2 Å². The minimum Gasteiger partial charge on any atom is -0.325 e. The summed E-state index contributed by atoms with van der Waals surface area (Å²) < 4.78 is 0.827. The molecular formula is C13H9BrN2OS. The van der Waals surface area contributed by atoms with E-state index in [0.29, 0.717) is 17.7 Å². The molecule has 1 aromatic heterocycles. The van der Waals surface area contributed by atoms with E-state index in [4.69, 9.17) is 5.26 Å². The predicted molar refractivity (Wildman–Crippen MR) is 75.5 cm³/mol. The summed E-state index contributed by atoms with van der Waals surface area (Å²) in [6.45, 7) is 0. The second-order valence-electron chi connectivity index (χ2n) is 3.61. The quantitative estimate of drug-likeness (QED) is 0.940. The van der Waals surface area contributed by atoms with E-state index in [1.807, 2.05) is 17.5 Å². The number of hydrogen-bond donors (Lipinski definition) is 1. The third-order valence-electron chi connectivity index (χ3n) is 2.29. The van der Waals surface area contributed by atoms with Gasteiger partial charge in [-0.3, -0.25) is 4.79 Å². The minimum absolute atomic E-state index is 0.118. The zero-order chi connectivity index (χ0) is 13.0. The van der Waals surface area contributed by atoms with E-state index in [2.05, 4.69) is 27.3 Å². The minimum atomic E-state index is -0.118. The van der Waals surface area contributed by atoms with Crippen LogP contribution in [0.4, 0.5) is 5.69 Å². The number of thiophene rings is 1. The summed E-state index contributed by atoms with van der Waals surface area (Å²) in [4.78, 5) is 12.8. The molecule has 0 aliphatic carbocycles. The molecule has 3 nitrogen and oxygen atoms in total. The summed E-state index contributed by atoms with van der Waals surface area (Å²) in [6, 6.07) is 11.0. The van der Waals surface area contributed by atoms with Crippen LogP contribution >= 0.6 is 27.3 Å². The normalized spacial score (nSPS) is 9.78. The van der Waals surface area contributed by atoms with E-state index in [1.165, 1.54) is 11.3 Å². The third-order valence-corrected chi connectivity index (χ3v) is 3.66. The number of anilines is 1. The van der Waals surface area contributed by atoms with Gasteiger partial charge in [-0.2, -0.15) is 5.26 Å². The second kappa shape index (κ2) is 5.80. The zero-order valence-electron chi connectivity index (χ0n) is 9.31. The highest BCUT2D eigenvalue weighted by molar-refractivity contribution is 9.10. The maximum atomic E-state index is 11.8. The molecular weight excluding hydrogens is 312 g/mol. The molecule has 1 aromatic carbocycles. The van der Waals surface area contributed by atoms with Crippen molar-refractivity contribution < 1.29 is 4.79 Å². The lowest BCUT2D eigenvalue weighted by atomic mass is 10.2. The first kappa shape index (κ1) is 12.8. The molecule has 0 unspecified atom stereocenters. The van der Waals surface area contributed by atoms with E-state index in [1.54, 1.807) is 18.2 Å². The van der Waals surface area contributed by atoms with Crippen LogP contribution in [0, 0.1) is 11.3 Å². The van der Waals surface area contributed by atoms with Crippen molar-refractivity contribution in [2.45, 2.75) is 6.42 Å². The number of nitriles is 1. The van der Waals surface area contributed by atoms with E-state index in [9.17, 15) is 4.79 Å². The number of nitrogens with zero attached hydrogens (tertiary/aromatic N) is 1. The molecule has 18 heavy (non-hydrogen) atoms. The Morgan fingerprint density at radius 2 is 2.28 bits per heavy atom. The number of carbonyl (C=O) groups is 1. The number of rotatable bonds is 3. The topological polar surface area (TPSA) is 52.9 Å². The lowest BCUT2D eigenvalue weighted by Gasteiger charge is -2.06. The van der Waals surface area contributed by atoms with Gasteiger partial charge in [0.15, 0.2) is 0 Å². The fourth-order valence-electron chi connectivity index (χ4n) is 1.48. The Morgan fingerprint density at radius 1 is 1.44 bits per heavy atom. The molecule has 1 heterocycles. The van der Waals surface area contributed by atoms with Crippen LogP contribution in [-0.4, -0.2) is 5.91 Å². The average molecular weight is 321 g/mol. The molecule has 0 saturated heterocycles. The third kappa shape index (κ3) is 3.19. The Hall–Kier alpha value is -1.64. The monoisotopic (exact) mass is 320 g/mol. The van der Waals surface area contributed by atoms with Crippen molar-refractivity contribution >= 4 is 38.9 Å². The molecule has 0 fully saturated rings. The second-order valence-corrected chi connectivity index (χ2v) is 5.55. The highest BCUT2D eigenvalue weighted by atomic mass is 79.9. The zero-order valence-corrected chi connectivity index (χ0v) is 11.7. The number of hydrogen-bond acceptors (Lipinski definition) is 3. The van der Waals surface area contributed by atoms with E-state index < -0.39 is 0 Å². The van der Waals surface area contributed by atoms with Crippen LogP contribution < -0.4 is 5.32 Å². The van der Waals surface area contributed by atoms with Gasteiger partial charge in [0.1, 0.15) is 6.07 Å². The predicted octanol–water partition coefficient (Wildman–Crippen LogP) is 3.56. The SMILES string of the molecule is N#Cc1ccc(Br)cc1NC(=O)Cc1cccs1. The van der Waals surface area contributed by atoms with Crippen LogP contribution in [0.25, 0.3) is 0 Å². The van der Waals surface area contributed by atoms with Crippen LogP contribution in [0.3, 0.4) is 0 Å². The van der Waals surface area contributed by atoms with E-state index in [0.717, 1.165) is 9.35 Å². The van der Waals surface area contributed by atoms with Gasteiger partial charge in [0.2, 0.25) is 5.91 Å². The lowest BCUT2D eigenvalue weighted by molar-refractivity contribution is -0.115. The van der Waals surface area contributed by atoms with Crippen LogP contribution in [0.5, 0.6) is 0 Å². The maximum absolute atomic E-state index is 11.8. The summed E-state index contributed by atoms with van der Waals surface area (Å²) >= 11 is 4.86. The Morgan fingerprint density at radius 3 is 2.94 bits per heavy atom. The molecule has 2 rings (SSSR count). The van der Waals surface area contributed by atoms with Crippen molar-refractivity contribution in [3.63, 3.8) is 0 Å². The van der Waals surface area contributed by atoms with E-state index in [-0.39, 0.29) is 5.91 Å². The highest BCUT2D eigenvalue weighted by Gasteiger charge is 2.08. The molecule has 2 aromatic rings. The van der Waals surface area contributed by atoms with Gasteiger partial charge in [0.25, 0.3) is 0 Å². The summed E-state index contributed by atoms with van der Waals surface area (Å²) in [6.07, 6.45) is 0.328. The first-order valence-electron chi connectivity index (χ1n) is 5.21. The summed E-state index contributed by atoms with van der Waals surface area (Å²) in [5.74, 6) is -0.118. The van der Waals surface area contributed by atoms with Gasteiger partial charge in [-0.05, 0) is 29.6 Å². The van der Waals surface area contributed by atoms with Gasteiger partial charge in [-0.15, -0.1) is 11.3 Å². The molecule has 1 amide bonds. The maximum Gasteiger partial charge on any atom is 0.229 e. The summed E-state index contributed by atoms with van der Waals surface area (Å²) in [7, 11) is 0. The van der Waals surface area contributed by atoms with Crippen molar-refractivity contribution in [2.24, 2.45) is 0 Å². The van der Waals surface area contributed by atoms with E-state index >= 15 is 0 Å².